The minimum absolute atomic E-state index is 1.12. The fraction of sp³-hybridized carbons (Fsp3) is 0.333. The number of benzene rings is 1. The van der Waals surface area contributed by atoms with Gasteiger partial charge in [-0.2, -0.15) is 0 Å². The molecule has 0 aromatic heterocycles. The fourth-order valence-corrected chi connectivity index (χ4v) is 2.04. The molecule has 0 spiro atoms. The van der Waals surface area contributed by atoms with Crippen LogP contribution in [0.4, 0.5) is 5.69 Å². The van der Waals surface area contributed by atoms with Gasteiger partial charge in [0.15, 0.2) is 0 Å². The minimum atomic E-state index is 1.12. The third kappa shape index (κ3) is 2.08. The van der Waals surface area contributed by atoms with E-state index in [9.17, 15) is 0 Å². The zero-order chi connectivity index (χ0) is 8.10. The molecule has 2 heteroatoms. The monoisotopic (exact) mass is 165 g/mol. The number of rotatable bonds is 3. The van der Waals surface area contributed by atoms with Gasteiger partial charge in [-0.15, -0.1) is 0 Å². The van der Waals surface area contributed by atoms with Crippen LogP contribution in [0.15, 0.2) is 30.3 Å². The Morgan fingerprint density at radius 2 is 1.91 bits per heavy atom. The average molecular weight is 165 g/mol. The molecule has 0 unspecified atom stereocenters. The summed E-state index contributed by atoms with van der Waals surface area (Å²) in [5.41, 5.74) is 1.35. The number of hydrogen-bond acceptors (Lipinski definition) is 1. The van der Waals surface area contributed by atoms with E-state index >= 15 is 0 Å². The van der Waals surface area contributed by atoms with Gasteiger partial charge in [0.05, 0.1) is 0 Å². The third-order valence-electron chi connectivity index (χ3n) is 1.88. The van der Waals surface area contributed by atoms with Gasteiger partial charge < -0.3 is 4.90 Å². The highest BCUT2D eigenvalue weighted by atomic mass is 28.1. The summed E-state index contributed by atoms with van der Waals surface area (Å²) >= 11 is 0. The summed E-state index contributed by atoms with van der Waals surface area (Å²) in [6, 6.07) is 10.6. The van der Waals surface area contributed by atoms with Crippen molar-refractivity contribution in [1.29, 1.82) is 0 Å². The zero-order valence-electron chi connectivity index (χ0n) is 7.25. The van der Waals surface area contributed by atoms with Crippen LogP contribution in [0.1, 0.15) is 6.92 Å². The quantitative estimate of drug-likeness (QED) is 0.600. The van der Waals surface area contributed by atoms with Crippen LogP contribution in [0.2, 0.25) is 0 Å². The van der Waals surface area contributed by atoms with Crippen molar-refractivity contribution in [3.05, 3.63) is 30.3 Å². The summed E-state index contributed by atoms with van der Waals surface area (Å²) in [6.07, 6.45) is 1.22. The SMILES string of the molecule is CCN(C[SiH3])c1ccccc1. The zero-order valence-corrected chi connectivity index (χ0v) is 9.25. The lowest BCUT2D eigenvalue weighted by atomic mass is 10.3. The predicted octanol–water partition coefficient (Wildman–Crippen LogP) is 0.836. The smallest absolute Gasteiger partial charge is 0.0362 e. The standard InChI is InChI=1S/C9H15NSi/c1-2-10(8-11)9-6-4-3-5-7-9/h3-7H,2,8H2,1,11H3. The highest BCUT2D eigenvalue weighted by Gasteiger charge is 1.97. The van der Waals surface area contributed by atoms with Crippen molar-refractivity contribution in [2.24, 2.45) is 0 Å². The summed E-state index contributed by atoms with van der Waals surface area (Å²) in [7, 11) is 1.24. The van der Waals surface area contributed by atoms with Gasteiger partial charge in [0.25, 0.3) is 0 Å². The van der Waals surface area contributed by atoms with Crippen molar-refractivity contribution in [1.82, 2.24) is 0 Å². The Labute approximate surface area is 71.5 Å². The van der Waals surface area contributed by atoms with Crippen LogP contribution in [-0.4, -0.2) is 23.0 Å². The summed E-state index contributed by atoms with van der Waals surface area (Å²) in [5, 5.41) is 0. The van der Waals surface area contributed by atoms with E-state index in [1.165, 1.54) is 22.1 Å². The first-order valence-electron chi connectivity index (χ1n) is 4.18. The van der Waals surface area contributed by atoms with E-state index in [2.05, 4.69) is 42.2 Å². The molecular formula is C9H15NSi. The number of hydrogen-bond donors (Lipinski definition) is 0. The molecular weight excluding hydrogens is 150 g/mol. The second-order valence-corrected chi connectivity index (χ2v) is 3.14. The molecule has 0 aliphatic carbocycles. The molecule has 1 aromatic carbocycles. The maximum atomic E-state index is 2.40. The van der Waals surface area contributed by atoms with Crippen LogP contribution >= 0.6 is 0 Å². The van der Waals surface area contributed by atoms with Gasteiger partial charge in [0.1, 0.15) is 0 Å². The number of para-hydroxylation sites is 1. The Balaban J connectivity index is 2.74. The highest BCUT2D eigenvalue weighted by Crippen LogP contribution is 2.10. The van der Waals surface area contributed by atoms with Crippen molar-refractivity contribution in [2.45, 2.75) is 6.92 Å². The molecule has 0 saturated heterocycles. The van der Waals surface area contributed by atoms with Gasteiger partial charge in [0, 0.05) is 28.6 Å². The van der Waals surface area contributed by atoms with E-state index in [0.717, 1.165) is 6.54 Å². The number of anilines is 1. The van der Waals surface area contributed by atoms with E-state index < -0.39 is 0 Å². The van der Waals surface area contributed by atoms with E-state index in [4.69, 9.17) is 0 Å². The molecule has 0 heterocycles. The van der Waals surface area contributed by atoms with Gasteiger partial charge in [-0.05, 0) is 19.1 Å². The molecule has 0 aliphatic heterocycles. The molecule has 0 radical (unpaired) electrons. The van der Waals surface area contributed by atoms with Crippen LogP contribution in [0.3, 0.4) is 0 Å². The lowest BCUT2D eigenvalue weighted by molar-refractivity contribution is 0.941. The molecule has 0 amide bonds. The van der Waals surface area contributed by atoms with Crippen molar-refractivity contribution in [3.8, 4) is 0 Å². The van der Waals surface area contributed by atoms with Gasteiger partial charge >= 0.3 is 0 Å². The summed E-state index contributed by atoms with van der Waals surface area (Å²) < 4.78 is 0. The van der Waals surface area contributed by atoms with Crippen LogP contribution in [-0.2, 0) is 0 Å². The van der Waals surface area contributed by atoms with E-state index in [-0.39, 0.29) is 0 Å². The molecule has 1 aromatic rings. The molecule has 0 N–H and O–H groups in total. The Bertz CT molecular complexity index is 194. The second kappa shape index (κ2) is 4.19. The molecule has 0 fully saturated rings. The predicted molar refractivity (Wildman–Crippen MR) is 54.3 cm³/mol. The molecule has 0 aliphatic rings. The Morgan fingerprint density at radius 3 is 2.36 bits per heavy atom. The maximum Gasteiger partial charge on any atom is 0.0362 e. The normalized spacial score (nSPS) is 9.91. The summed E-state index contributed by atoms with van der Waals surface area (Å²) in [6.45, 7) is 3.32. The van der Waals surface area contributed by atoms with Crippen LogP contribution in [0.25, 0.3) is 0 Å². The lowest BCUT2D eigenvalue weighted by Crippen LogP contribution is -2.23. The first kappa shape index (κ1) is 8.33. The summed E-state index contributed by atoms with van der Waals surface area (Å²) in [4.78, 5) is 2.40. The maximum absolute atomic E-state index is 2.40. The lowest BCUT2D eigenvalue weighted by Gasteiger charge is -2.20. The average Bonchev–Trinajstić information content (AvgIpc) is 2.09. The van der Waals surface area contributed by atoms with Crippen molar-refractivity contribution >= 4 is 15.9 Å². The van der Waals surface area contributed by atoms with Gasteiger partial charge in [-0.3, -0.25) is 0 Å². The van der Waals surface area contributed by atoms with E-state index in [1.807, 2.05) is 0 Å². The Morgan fingerprint density at radius 1 is 1.27 bits per heavy atom. The first-order valence-corrected chi connectivity index (χ1v) is 5.60. The van der Waals surface area contributed by atoms with Crippen LogP contribution in [0, 0.1) is 0 Å². The Hall–Kier alpha value is -0.763. The highest BCUT2D eigenvalue weighted by molar-refractivity contribution is 6.10. The molecule has 0 atom stereocenters. The number of nitrogens with zero attached hydrogens (tertiary/aromatic N) is 1. The van der Waals surface area contributed by atoms with Gasteiger partial charge in [0.2, 0.25) is 0 Å². The molecule has 0 bridgehead atoms. The molecule has 0 saturated carbocycles. The third-order valence-corrected chi connectivity index (χ3v) is 2.65. The Kier molecular flexibility index (Phi) is 3.17. The van der Waals surface area contributed by atoms with Gasteiger partial charge in [-0.25, -0.2) is 0 Å². The van der Waals surface area contributed by atoms with Crippen LogP contribution in [0.5, 0.6) is 0 Å². The molecule has 1 rings (SSSR count). The second-order valence-electron chi connectivity index (χ2n) is 2.51. The van der Waals surface area contributed by atoms with Gasteiger partial charge in [-0.1, -0.05) is 18.2 Å². The van der Waals surface area contributed by atoms with E-state index in [1.54, 1.807) is 0 Å². The van der Waals surface area contributed by atoms with Crippen LogP contribution < -0.4 is 4.90 Å². The van der Waals surface area contributed by atoms with E-state index in [0.29, 0.717) is 0 Å². The largest absolute Gasteiger partial charge is 0.376 e. The first-order chi connectivity index (χ1) is 5.38. The molecule has 1 nitrogen and oxygen atoms in total. The van der Waals surface area contributed by atoms with Crippen molar-refractivity contribution < 1.29 is 0 Å². The summed E-state index contributed by atoms with van der Waals surface area (Å²) in [5.74, 6) is 0. The van der Waals surface area contributed by atoms with Crippen molar-refractivity contribution in [3.63, 3.8) is 0 Å². The molecule has 60 valence electrons. The van der Waals surface area contributed by atoms with Crippen molar-refractivity contribution in [2.75, 3.05) is 17.6 Å². The fourth-order valence-electron chi connectivity index (χ4n) is 1.23. The minimum Gasteiger partial charge on any atom is -0.376 e. The topological polar surface area (TPSA) is 3.24 Å². The molecule has 11 heavy (non-hydrogen) atoms.